The number of carbonyl (C=O) groups is 4. The highest BCUT2D eigenvalue weighted by molar-refractivity contribution is 6.35. The second kappa shape index (κ2) is 14.4. The van der Waals surface area contributed by atoms with Crippen LogP contribution < -0.4 is 0 Å². The van der Waals surface area contributed by atoms with Crippen LogP contribution in [0.5, 0.6) is 0 Å². The van der Waals surface area contributed by atoms with E-state index in [1.54, 1.807) is 17.3 Å². The van der Waals surface area contributed by atoms with Gasteiger partial charge in [0.25, 0.3) is 11.8 Å². The van der Waals surface area contributed by atoms with Crippen LogP contribution in [0.2, 0.25) is 0 Å². The number of halogens is 4. The van der Waals surface area contributed by atoms with E-state index >= 15 is 0 Å². The van der Waals surface area contributed by atoms with Gasteiger partial charge in [-0.2, -0.15) is 0 Å². The van der Waals surface area contributed by atoms with Crippen LogP contribution in [0.25, 0.3) is 33.6 Å². The summed E-state index contributed by atoms with van der Waals surface area (Å²) in [7, 11) is 0. The zero-order valence-corrected chi connectivity index (χ0v) is 32.0. The quantitative estimate of drug-likeness (QED) is 0.178. The number of aromatic nitrogens is 4. The molecule has 4 aliphatic heterocycles. The van der Waals surface area contributed by atoms with Gasteiger partial charge in [-0.05, 0) is 60.8 Å². The molecular formula is C42H44F4N8O4. The summed E-state index contributed by atoms with van der Waals surface area (Å²) < 4.78 is 54.7. The number of piperidine rings is 3. The van der Waals surface area contributed by atoms with Crippen molar-refractivity contribution in [1.29, 1.82) is 0 Å². The van der Waals surface area contributed by atoms with E-state index in [-0.39, 0.29) is 44.3 Å². The van der Waals surface area contributed by atoms with Crippen molar-refractivity contribution in [3.8, 4) is 33.6 Å². The van der Waals surface area contributed by atoms with Crippen LogP contribution in [0.1, 0.15) is 82.0 Å². The molecule has 2 aromatic heterocycles. The Hall–Kier alpha value is -5.54. The minimum atomic E-state index is -2.82. The maximum Gasteiger partial charge on any atom is 0.312 e. The lowest BCUT2D eigenvalue weighted by Crippen LogP contribution is -2.51. The molecule has 5 fully saturated rings. The minimum absolute atomic E-state index is 0.0374. The monoisotopic (exact) mass is 800 g/mol. The highest BCUT2D eigenvalue weighted by Gasteiger charge is 2.57. The van der Waals surface area contributed by atoms with Crippen molar-refractivity contribution in [3.05, 3.63) is 72.6 Å². The van der Waals surface area contributed by atoms with Gasteiger partial charge in [-0.3, -0.25) is 19.2 Å². The lowest BCUT2D eigenvalue weighted by Gasteiger charge is -2.34. The molecule has 0 unspecified atom stereocenters. The summed E-state index contributed by atoms with van der Waals surface area (Å²) in [5.74, 6) is -6.98. The normalized spacial score (nSPS) is 26.1. The van der Waals surface area contributed by atoms with Gasteiger partial charge in [0.2, 0.25) is 0 Å². The zero-order valence-electron chi connectivity index (χ0n) is 32.0. The Morgan fingerprint density at radius 2 is 1.02 bits per heavy atom. The summed E-state index contributed by atoms with van der Waals surface area (Å²) in [5.41, 5.74) is 5.26. The van der Waals surface area contributed by atoms with Crippen LogP contribution in [0.4, 0.5) is 17.6 Å². The molecule has 58 heavy (non-hydrogen) atoms. The van der Waals surface area contributed by atoms with Crippen LogP contribution in [0.3, 0.4) is 0 Å². The lowest BCUT2D eigenvalue weighted by molar-refractivity contribution is -0.156. The van der Waals surface area contributed by atoms with Crippen LogP contribution in [-0.4, -0.2) is 113 Å². The highest BCUT2D eigenvalue weighted by atomic mass is 19.3. The van der Waals surface area contributed by atoms with Crippen molar-refractivity contribution in [3.63, 3.8) is 0 Å². The Morgan fingerprint density at radius 3 is 1.50 bits per heavy atom. The standard InChI is InChI=1S/C42H44F4N8O4/c1-24-2-11-32(53(24)39(57)37(55)51-16-12-41(43,44)13-17-51)35-47-22-30(49-35)27-7-3-25(4-8-27)26-5-9-28(10-6-26)31-23-48-36(50-31)34-21-29-20-33(29)54(34)40(58)38(56)52-18-14-42(45,46)15-19-52/h3-10,22-24,29,32-34H,2,11-21H2,1H3,(H,47,49)(H,48,50)/t24-,29-,32-,33-,34-/m0/s1. The Bertz CT molecular complexity index is 2080. The molecule has 1 aliphatic carbocycles. The van der Waals surface area contributed by atoms with Gasteiger partial charge in [0, 0.05) is 63.9 Å². The van der Waals surface area contributed by atoms with Gasteiger partial charge in [0.15, 0.2) is 0 Å². The van der Waals surface area contributed by atoms with Gasteiger partial charge in [-0.25, -0.2) is 27.5 Å². The van der Waals surface area contributed by atoms with E-state index in [2.05, 4.69) is 19.9 Å². The third-order valence-electron chi connectivity index (χ3n) is 12.7. The Kier molecular flexibility index (Phi) is 9.42. The number of hydrogen-bond acceptors (Lipinski definition) is 6. The number of amides is 4. The van der Waals surface area contributed by atoms with Gasteiger partial charge in [-0.1, -0.05) is 48.5 Å². The third-order valence-corrected chi connectivity index (χ3v) is 12.7. The molecule has 6 heterocycles. The maximum atomic E-state index is 13.7. The van der Waals surface area contributed by atoms with Gasteiger partial charge in [0.05, 0.1) is 35.9 Å². The summed E-state index contributed by atoms with van der Waals surface area (Å²) in [6.45, 7) is 1.32. The van der Waals surface area contributed by atoms with Crippen LogP contribution in [0.15, 0.2) is 60.9 Å². The number of H-pyrrole nitrogens is 2. The first-order valence-electron chi connectivity index (χ1n) is 20.0. The van der Waals surface area contributed by atoms with Gasteiger partial charge >= 0.3 is 23.6 Å². The largest absolute Gasteiger partial charge is 0.340 e. The molecule has 2 aromatic carbocycles. The molecule has 9 rings (SSSR count). The molecule has 16 heteroatoms. The summed E-state index contributed by atoms with van der Waals surface area (Å²) in [4.78, 5) is 74.5. The van der Waals surface area contributed by atoms with E-state index in [0.29, 0.717) is 36.8 Å². The number of aromatic amines is 2. The molecule has 1 saturated carbocycles. The molecule has 5 atom stereocenters. The Morgan fingerprint density at radius 1 is 0.586 bits per heavy atom. The number of imidazole rings is 2. The molecular weight excluding hydrogens is 757 g/mol. The molecule has 12 nitrogen and oxygen atoms in total. The first kappa shape index (κ1) is 38.0. The van der Waals surface area contributed by atoms with Crippen molar-refractivity contribution in [2.45, 2.75) is 94.3 Å². The summed E-state index contributed by atoms with van der Waals surface area (Å²) >= 11 is 0. The van der Waals surface area contributed by atoms with Crippen LogP contribution in [-0.2, 0) is 19.2 Å². The first-order valence-corrected chi connectivity index (χ1v) is 20.0. The molecule has 0 radical (unpaired) electrons. The van der Waals surface area contributed by atoms with Gasteiger partial charge in [-0.15, -0.1) is 0 Å². The van der Waals surface area contributed by atoms with E-state index in [0.717, 1.165) is 40.1 Å². The number of likely N-dealkylation sites (tertiary alicyclic amines) is 4. The first-order chi connectivity index (χ1) is 27.7. The SMILES string of the molecule is C[C@H]1CC[C@@H](c2ncc(-c3ccc(-c4ccc(-c5cnc([C@@H]6C[C@@H]7C[C@@H]7N6C(=O)C(=O)N6CCC(F)(F)CC6)[nH]5)cc4)cc3)[nH]2)N1C(=O)C(=O)N1CCC(F)(F)CC1. The summed E-state index contributed by atoms with van der Waals surface area (Å²) in [6.07, 6.45) is 4.47. The molecule has 2 N–H and O–H groups in total. The second-order valence-electron chi connectivity index (χ2n) is 16.5. The number of rotatable bonds is 5. The van der Waals surface area contributed by atoms with E-state index in [4.69, 9.17) is 0 Å². The van der Waals surface area contributed by atoms with Crippen molar-refractivity contribution < 1.29 is 36.7 Å². The Labute approximate surface area is 332 Å². The predicted octanol–water partition coefficient (Wildman–Crippen LogP) is 6.36. The van der Waals surface area contributed by atoms with Crippen molar-refractivity contribution in [2.75, 3.05) is 26.2 Å². The lowest BCUT2D eigenvalue weighted by atomic mass is 10.0. The van der Waals surface area contributed by atoms with Crippen molar-refractivity contribution in [2.24, 2.45) is 5.92 Å². The van der Waals surface area contributed by atoms with Crippen LogP contribution in [0, 0.1) is 5.92 Å². The third kappa shape index (κ3) is 7.14. The van der Waals surface area contributed by atoms with Crippen LogP contribution >= 0.6 is 0 Å². The molecule has 0 spiro atoms. The molecule has 4 aromatic rings. The van der Waals surface area contributed by atoms with E-state index in [1.807, 2.05) is 55.5 Å². The number of hydrogen-bond donors (Lipinski definition) is 2. The molecule has 0 bridgehead atoms. The molecule has 5 aliphatic rings. The second-order valence-corrected chi connectivity index (χ2v) is 16.5. The van der Waals surface area contributed by atoms with Crippen molar-refractivity contribution in [1.82, 2.24) is 39.5 Å². The number of nitrogens with one attached hydrogen (secondary N) is 2. The fraction of sp³-hybridized carbons (Fsp3) is 0.476. The van der Waals surface area contributed by atoms with E-state index in [1.165, 1.54) is 14.7 Å². The zero-order chi connectivity index (χ0) is 40.5. The average Bonchev–Trinajstić information content (AvgIpc) is 3.70. The van der Waals surface area contributed by atoms with Gasteiger partial charge in [0.1, 0.15) is 11.6 Å². The molecule has 4 amide bonds. The van der Waals surface area contributed by atoms with E-state index < -0.39 is 67.2 Å². The average molecular weight is 801 g/mol. The summed E-state index contributed by atoms with van der Waals surface area (Å²) in [5, 5.41) is 0. The number of fused-ring (bicyclic) bond motifs is 1. The maximum absolute atomic E-state index is 13.7. The smallest absolute Gasteiger partial charge is 0.312 e. The summed E-state index contributed by atoms with van der Waals surface area (Å²) in [6, 6.07) is 14.9. The Balaban J connectivity index is 0.838. The molecule has 304 valence electrons. The van der Waals surface area contributed by atoms with Crippen molar-refractivity contribution >= 4 is 23.6 Å². The van der Waals surface area contributed by atoms with Gasteiger partial charge < -0.3 is 29.6 Å². The molecule has 4 saturated heterocycles. The minimum Gasteiger partial charge on any atom is -0.340 e. The fourth-order valence-corrected chi connectivity index (χ4v) is 9.14. The number of benzene rings is 2. The number of carbonyl (C=O) groups excluding carboxylic acids is 4. The fourth-order valence-electron chi connectivity index (χ4n) is 9.14. The highest BCUT2D eigenvalue weighted by Crippen LogP contribution is 2.53. The van der Waals surface area contributed by atoms with E-state index in [9.17, 15) is 36.7 Å². The number of nitrogens with zero attached hydrogens (tertiary/aromatic N) is 6. The number of alkyl halides is 4. The topological polar surface area (TPSA) is 139 Å². The predicted molar refractivity (Wildman–Crippen MR) is 203 cm³/mol.